The summed E-state index contributed by atoms with van der Waals surface area (Å²) in [6.07, 6.45) is 1.71. The largest absolute Gasteiger partial charge is 0.481 e. The molecule has 1 fully saturated rings. The fourth-order valence-corrected chi connectivity index (χ4v) is 3.35. The number of amides is 1. The molecule has 0 saturated carbocycles. The van der Waals surface area contributed by atoms with Gasteiger partial charge in [0.2, 0.25) is 0 Å². The van der Waals surface area contributed by atoms with Gasteiger partial charge in [0.1, 0.15) is 0 Å². The van der Waals surface area contributed by atoms with Crippen molar-refractivity contribution in [2.24, 2.45) is 11.3 Å². The van der Waals surface area contributed by atoms with Gasteiger partial charge < -0.3 is 10.0 Å². The molecule has 114 valence electrons. The number of carboxylic acid groups (broad SMARTS) is 1. The normalized spacial score (nSPS) is 19.4. The molecule has 0 bridgehead atoms. The Kier molecular flexibility index (Phi) is 4.91. The van der Waals surface area contributed by atoms with Crippen molar-refractivity contribution < 1.29 is 14.7 Å². The molecule has 4 nitrogen and oxygen atoms in total. The van der Waals surface area contributed by atoms with Gasteiger partial charge in [-0.3, -0.25) is 9.59 Å². The van der Waals surface area contributed by atoms with E-state index in [1.807, 2.05) is 24.3 Å². The number of likely N-dealkylation sites (tertiary alicyclic amines) is 1. The fourth-order valence-electron chi connectivity index (χ4n) is 2.73. The number of halogens is 1. The Morgan fingerprint density at radius 3 is 2.62 bits per heavy atom. The molecule has 1 N–H and O–H groups in total. The predicted octanol–water partition coefficient (Wildman–Crippen LogP) is 3.25. The molecule has 1 atom stereocenters. The monoisotopic (exact) mass is 401 g/mol. The molecule has 1 aromatic carbocycles. The standard InChI is InChI=1S/C16H20INO3/c1-16(2,15(20)21)11-6-5-9-18(10-11)14(19)12-7-3-4-8-13(12)17/h3-4,7-8,11H,5-6,9-10H2,1-2H3,(H,20,21). The molecule has 1 aliphatic heterocycles. The van der Waals surface area contributed by atoms with Gasteiger partial charge >= 0.3 is 5.97 Å². The Hall–Kier alpha value is -1.11. The van der Waals surface area contributed by atoms with Gasteiger partial charge in [-0.05, 0) is 67.3 Å². The first kappa shape index (κ1) is 16.3. The molecule has 0 aliphatic carbocycles. The lowest BCUT2D eigenvalue weighted by molar-refractivity contribution is -0.151. The highest BCUT2D eigenvalue weighted by molar-refractivity contribution is 14.1. The predicted molar refractivity (Wildman–Crippen MR) is 89.2 cm³/mol. The molecule has 1 amide bonds. The lowest BCUT2D eigenvalue weighted by Crippen LogP contribution is -2.47. The molecular weight excluding hydrogens is 381 g/mol. The smallest absolute Gasteiger partial charge is 0.309 e. The maximum absolute atomic E-state index is 12.6. The van der Waals surface area contributed by atoms with E-state index >= 15 is 0 Å². The molecule has 0 radical (unpaired) electrons. The van der Waals surface area contributed by atoms with Crippen molar-refractivity contribution >= 4 is 34.5 Å². The molecule has 21 heavy (non-hydrogen) atoms. The SMILES string of the molecule is CC(C)(C(=O)O)C1CCCN(C(=O)c2ccccc2I)C1. The highest BCUT2D eigenvalue weighted by Gasteiger charge is 2.40. The van der Waals surface area contributed by atoms with Crippen molar-refractivity contribution in [3.8, 4) is 0 Å². The molecule has 1 saturated heterocycles. The van der Waals surface area contributed by atoms with E-state index in [4.69, 9.17) is 0 Å². The Morgan fingerprint density at radius 1 is 1.33 bits per heavy atom. The second kappa shape index (κ2) is 6.34. The summed E-state index contributed by atoms with van der Waals surface area (Å²) < 4.78 is 0.930. The number of hydrogen-bond acceptors (Lipinski definition) is 2. The minimum Gasteiger partial charge on any atom is -0.481 e. The van der Waals surface area contributed by atoms with Crippen molar-refractivity contribution in [2.45, 2.75) is 26.7 Å². The number of carbonyl (C=O) groups is 2. The Bertz CT molecular complexity index is 556. The molecule has 1 aromatic rings. The second-order valence-corrected chi connectivity index (χ2v) is 7.26. The number of aliphatic carboxylic acids is 1. The quantitative estimate of drug-likeness (QED) is 0.792. The van der Waals surface area contributed by atoms with E-state index < -0.39 is 11.4 Å². The van der Waals surface area contributed by atoms with Crippen LogP contribution in [0.15, 0.2) is 24.3 Å². The number of hydrogen-bond donors (Lipinski definition) is 1. The number of piperidine rings is 1. The van der Waals surface area contributed by atoms with Gasteiger partial charge in [-0.1, -0.05) is 12.1 Å². The molecular formula is C16H20INO3. The topological polar surface area (TPSA) is 57.6 Å². The van der Waals surface area contributed by atoms with E-state index in [9.17, 15) is 14.7 Å². The van der Waals surface area contributed by atoms with Gasteiger partial charge in [0, 0.05) is 16.7 Å². The van der Waals surface area contributed by atoms with E-state index in [0.29, 0.717) is 18.7 Å². The van der Waals surface area contributed by atoms with Crippen LogP contribution in [0, 0.1) is 14.9 Å². The number of carbonyl (C=O) groups excluding carboxylic acids is 1. The van der Waals surface area contributed by atoms with Crippen LogP contribution < -0.4 is 0 Å². The molecule has 0 spiro atoms. The number of nitrogens with zero attached hydrogens (tertiary/aromatic N) is 1. The summed E-state index contributed by atoms with van der Waals surface area (Å²) >= 11 is 2.16. The Balaban J connectivity index is 2.17. The molecule has 1 unspecified atom stereocenters. The van der Waals surface area contributed by atoms with Gasteiger partial charge in [-0.15, -0.1) is 0 Å². The Morgan fingerprint density at radius 2 is 2.00 bits per heavy atom. The highest BCUT2D eigenvalue weighted by Crippen LogP contribution is 2.34. The van der Waals surface area contributed by atoms with Crippen molar-refractivity contribution in [1.29, 1.82) is 0 Å². The summed E-state index contributed by atoms with van der Waals surface area (Å²) in [5, 5.41) is 9.37. The van der Waals surface area contributed by atoms with E-state index in [1.54, 1.807) is 18.7 Å². The zero-order valence-corrected chi connectivity index (χ0v) is 14.5. The van der Waals surface area contributed by atoms with E-state index in [0.717, 1.165) is 16.4 Å². The number of rotatable bonds is 3. The van der Waals surface area contributed by atoms with Crippen LogP contribution in [0.2, 0.25) is 0 Å². The molecule has 1 aliphatic rings. The number of carboxylic acids is 1. The lowest BCUT2D eigenvalue weighted by atomic mass is 9.74. The minimum absolute atomic E-state index is 0.00545. The zero-order valence-electron chi connectivity index (χ0n) is 12.3. The van der Waals surface area contributed by atoms with Crippen LogP contribution >= 0.6 is 22.6 Å². The second-order valence-electron chi connectivity index (χ2n) is 6.10. The van der Waals surface area contributed by atoms with Crippen LogP contribution in [0.3, 0.4) is 0 Å². The molecule has 5 heteroatoms. The maximum atomic E-state index is 12.6. The van der Waals surface area contributed by atoms with E-state index in [-0.39, 0.29) is 11.8 Å². The number of benzene rings is 1. The van der Waals surface area contributed by atoms with Gasteiger partial charge in [0.15, 0.2) is 0 Å². The summed E-state index contributed by atoms with van der Waals surface area (Å²) in [4.78, 5) is 25.9. The zero-order chi connectivity index (χ0) is 15.6. The first-order chi connectivity index (χ1) is 9.84. The van der Waals surface area contributed by atoms with Gasteiger partial charge in [-0.2, -0.15) is 0 Å². The summed E-state index contributed by atoms with van der Waals surface area (Å²) in [6.45, 7) is 4.72. The fraction of sp³-hybridized carbons (Fsp3) is 0.500. The van der Waals surface area contributed by atoms with Crippen LogP contribution in [0.5, 0.6) is 0 Å². The third-order valence-electron chi connectivity index (χ3n) is 4.38. The van der Waals surface area contributed by atoms with Crippen LogP contribution in [0.4, 0.5) is 0 Å². The molecule has 2 rings (SSSR count). The average molecular weight is 401 g/mol. The van der Waals surface area contributed by atoms with Gasteiger partial charge in [0.25, 0.3) is 5.91 Å². The minimum atomic E-state index is -0.803. The summed E-state index contributed by atoms with van der Waals surface area (Å²) in [6, 6.07) is 7.51. The van der Waals surface area contributed by atoms with Gasteiger partial charge in [-0.25, -0.2) is 0 Å². The average Bonchev–Trinajstić information content (AvgIpc) is 2.47. The third-order valence-corrected chi connectivity index (χ3v) is 5.33. The van der Waals surface area contributed by atoms with Crippen molar-refractivity contribution in [1.82, 2.24) is 4.90 Å². The van der Waals surface area contributed by atoms with E-state index in [2.05, 4.69) is 22.6 Å². The van der Waals surface area contributed by atoms with Gasteiger partial charge in [0.05, 0.1) is 11.0 Å². The van der Waals surface area contributed by atoms with Crippen LogP contribution in [0.25, 0.3) is 0 Å². The third kappa shape index (κ3) is 3.39. The van der Waals surface area contributed by atoms with Crippen LogP contribution in [0.1, 0.15) is 37.0 Å². The van der Waals surface area contributed by atoms with Crippen molar-refractivity contribution in [3.05, 3.63) is 33.4 Å². The molecule has 1 heterocycles. The lowest BCUT2D eigenvalue weighted by Gasteiger charge is -2.39. The summed E-state index contributed by atoms with van der Waals surface area (Å²) in [7, 11) is 0. The van der Waals surface area contributed by atoms with Crippen LogP contribution in [-0.2, 0) is 4.79 Å². The Labute approximate surface area is 138 Å². The van der Waals surface area contributed by atoms with Crippen molar-refractivity contribution in [3.63, 3.8) is 0 Å². The van der Waals surface area contributed by atoms with Crippen LogP contribution in [-0.4, -0.2) is 35.0 Å². The maximum Gasteiger partial charge on any atom is 0.309 e. The summed E-state index contributed by atoms with van der Waals surface area (Å²) in [5.74, 6) is -0.795. The first-order valence-corrected chi connectivity index (χ1v) is 8.19. The highest BCUT2D eigenvalue weighted by atomic mass is 127. The first-order valence-electron chi connectivity index (χ1n) is 7.11. The molecule has 0 aromatic heterocycles. The van der Waals surface area contributed by atoms with Crippen molar-refractivity contribution in [2.75, 3.05) is 13.1 Å². The summed E-state index contributed by atoms with van der Waals surface area (Å²) in [5.41, 5.74) is -0.102. The van der Waals surface area contributed by atoms with E-state index in [1.165, 1.54) is 0 Å².